The molecular formula is C17H26BrNO2S. The van der Waals surface area contributed by atoms with Crippen LogP contribution >= 0.6 is 15.9 Å². The van der Waals surface area contributed by atoms with E-state index in [1.165, 1.54) is 5.56 Å². The first-order chi connectivity index (χ1) is 10.3. The Morgan fingerprint density at radius 1 is 1.27 bits per heavy atom. The van der Waals surface area contributed by atoms with Gasteiger partial charge < -0.3 is 5.11 Å². The highest BCUT2D eigenvalue weighted by Gasteiger charge is 2.39. The average Bonchev–Trinajstić information content (AvgIpc) is 2.46. The number of piperidine rings is 1. The van der Waals surface area contributed by atoms with Crippen LogP contribution in [-0.2, 0) is 11.0 Å². The molecule has 1 aliphatic rings. The Kier molecular flexibility index (Phi) is 6.22. The number of aliphatic hydroxyl groups is 1. The topological polar surface area (TPSA) is 40.5 Å². The molecule has 3 nitrogen and oxygen atoms in total. The Morgan fingerprint density at radius 3 is 2.45 bits per heavy atom. The third-order valence-corrected chi connectivity index (χ3v) is 6.63. The van der Waals surface area contributed by atoms with Crippen LogP contribution < -0.4 is 0 Å². The molecule has 0 amide bonds. The summed E-state index contributed by atoms with van der Waals surface area (Å²) in [5, 5.41) is 9.38. The van der Waals surface area contributed by atoms with Crippen LogP contribution in [0, 0.1) is 0 Å². The van der Waals surface area contributed by atoms with Crippen molar-refractivity contribution in [2.24, 2.45) is 0 Å². The zero-order valence-electron chi connectivity index (χ0n) is 13.6. The largest absolute Gasteiger partial charge is 0.396 e. The molecule has 1 saturated heterocycles. The number of halogens is 1. The van der Waals surface area contributed by atoms with Crippen LogP contribution in [0.3, 0.4) is 0 Å². The second kappa shape index (κ2) is 7.56. The predicted octanol–water partition coefficient (Wildman–Crippen LogP) is 4.19. The van der Waals surface area contributed by atoms with Crippen molar-refractivity contribution in [1.82, 2.24) is 4.31 Å². The second-order valence-corrected chi connectivity index (χ2v) is 9.95. The average molecular weight is 388 g/mol. The summed E-state index contributed by atoms with van der Waals surface area (Å²) >= 11 is 3.48. The number of hydrogen-bond donors (Lipinski definition) is 1. The van der Waals surface area contributed by atoms with Crippen LogP contribution in [0.2, 0.25) is 0 Å². The lowest BCUT2D eigenvalue weighted by atomic mass is 9.92. The van der Waals surface area contributed by atoms with Gasteiger partial charge in [0.25, 0.3) is 0 Å². The molecule has 1 aromatic rings. The van der Waals surface area contributed by atoms with Gasteiger partial charge in [0, 0.05) is 23.2 Å². The molecule has 0 spiro atoms. The van der Waals surface area contributed by atoms with Gasteiger partial charge in [0.05, 0.1) is 4.75 Å². The highest BCUT2D eigenvalue weighted by Crippen LogP contribution is 2.39. The first kappa shape index (κ1) is 18.1. The molecule has 0 aliphatic carbocycles. The molecule has 22 heavy (non-hydrogen) atoms. The van der Waals surface area contributed by atoms with Gasteiger partial charge in [-0.25, -0.2) is 8.51 Å². The molecule has 0 aromatic heterocycles. The monoisotopic (exact) mass is 387 g/mol. The van der Waals surface area contributed by atoms with Gasteiger partial charge in [0.1, 0.15) is 11.0 Å². The summed E-state index contributed by atoms with van der Waals surface area (Å²) in [6, 6.07) is 8.67. The number of nitrogens with zero attached hydrogens (tertiary/aromatic N) is 1. The lowest BCUT2D eigenvalue weighted by molar-refractivity contribution is 0.151. The summed E-state index contributed by atoms with van der Waals surface area (Å²) in [5.74, 6) is 0. The van der Waals surface area contributed by atoms with E-state index in [2.05, 4.69) is 32.4 Å². The van der Waals surface area contributed by atoms with Crippen LogP contribution in [-0.4, -0.2) is 31.0 Å². The van der Waals surface area contributed by atoms with Crippen molar-refractivity contribution < 1.29 is 9.32 Å². The summed E-state index contributed by atoms with van der Waals surface area (Å²) in [6.45, 7) is 6.21. The standard InChI is InChI=1S/C17H26BrNO2S/c1-17(2,3)22(21)19-15(11-12-20)5-4-6-16(19)13-7-9-14(18)10-8-13/h7-10,15-16,20H,4-6,11-12H2,1-3H3/t15-,16-,22?/m0/s1. The Balaban J connectivity index is 2.35. The summed E-state index contributed by atoms with van der Waals surface area (Å²) in [7, 11) is -1.08. The normalized spacial score (nSPS) is 25.1. The summed E-state index contributed by atoms with van der Waals surface area (Å²) in [5.41, 5.74) is 1.21. The van der Waals surface area contributed by atoms with Crippen LogP contribution in [0.1, 0.15) is 58.1 Å². The van der Waals surface area contributed by atoms with Crippen LogP contribution in [0.4, 0.5) is 0 Å². The number of aliphatic hydroxyl groups excluding tert-OH is 1. The van der Waals surface area contributed by atoms with Crippen LogP contribution in [0.15, 0.2) is 28.7 Å². The van der Waals surface area contributed by atoms with Crippen molar-refractivity contribution in [2.45, 2.75) is 63.3 Å². The molecule has 124 valence electrons. The number of hydrogen-bond acceptors (Lipinski definition) is 2. The molecule has 1 aliphatic heterocycles. The maximum Gasteiger partial charge on any atom is 0.101 e. The lowest BCUT2D eigenvalue weighted by Crippen LogP contribution is -2.48. The molecule has 3 atom stereocenters. The number of benzene rings is 1. The third kappa shape index (κ3) is 4.19. The second-order valence-electron chi connectivity index (χ2n) is 6.89. The van der Waals surface area contributed by atoms with E-state index in [4.69, 9.17) is 0 Å². The highest BCUT2D eigenvalue weighted by molar-refractivity contribution is 9.10. The molecule has 1 heterocycles. The van der Waals surface area contributed by atoms with Crippen molar-refractivity contribution in [3.8, 4) is 0 Å². The molecule has 0 saturated carbocycles. The van der Waals surface area contributed by atoms with E-state index in [0.717, 1.165) is 23.7 Å². The lowest BCUT2D eigenvalue weighted by Gasteiger charge is -2.44. The van der Waals surface area contributed by atoms with Crippen molar-refractivity contribution >= 4 is 26.9 Å². The molecule has 1 fully saturated rings. The molecular weight excluding hydrogens is 362 g/mol. The minimum Gasteiger partial charge on any atom is -0.396 e. The van der Waals surface area contributed by atoms with Crippen molar-refractivity contribution in [3.63, 3.8) is 0 Å². The maximum atomic E-state index is 13.1. The van der Waals surface area contributed by atoms with Crippen molar-refractivity contribution in [1.29, 1.82) is 0 Å². The fourth-order valence-electron chi connectivity index (χ4n) is 3.04. The number of rotatable bonds is 4. The van der Waals surface area contributed by atoms with Crippen molar-refractivity contribution in [2.75, 3.05) is 6.61 Å². The minimum atomic E-state index is -1.08. The van der Waals surface area contributed by atoms with E-state index in [9.17, 15) is 9.32 Å². The van der Waals surface area contributed by atoms with Gasteiger partial charge in [-0.2, -0.15) is 0 Å². The summed E-state index contributed by atoms with van der Waals surface area (Å²) in [4.78, 5) is 0. The molecule has 0 radical (unpaired) electrons. The third-order valence-electron chi connectivity index (χ3n) is 4.11. The van der Waals surface area contributed by atoms with Gasteiger partial charge >= 0.3 is 0 Å². The molecule has 1 aromatic carbocycles. The minimum absolute atomic E-state index is 0.148. The first-order valence-corrected chi connectivity index (χ1v) is 9.81. The van der Waals surface area contributed by atoms with E-state index in [-0.39, 0.29) is 23.4 Å². The van der Waals surface area contributed by atoms with E-state index in [1.54, 1.807) is 0 Å². The zero-order valence-corrected chi connectivity index (χ0v) is 16.0. The summed E-state index contributed by atoms with van der Waals surface area (Å²) < 4.78 is 16.0. The Bertz CT molecular complexity index is 510. The Labute approximate surface area is 144 Å². The SMILES string of the molecule is CC(C)(C)S(=O)N1[C@H](CCO)CCC[C@H]1c1ccc(Br)cc1. The van der Waals surface area contributed by atoms with Gasteiger partial charge in [0.2, 0.25) is 0 Å². The van der Waals surface area contributed by atoms with E-state index >= 15 is 0 Å². The molecule has 0 bridgehead atoms. The van der Waals surface area contributed by atoms with Gasteiger partial charge in [-0.1, -0.05) is 28.1 Å². The molecule has 2 rings (SSSR count). The Morgan fingerprint density at radius 2 is 1.91 bits per heavy atom. The Hall–Kier alpha value is -0.230. The molecule has 5 heteroatoms. The molecule has 1 unspecified atom stereocenters. The smallest absolute Gasteiger partial charge is 0.101 e. The fourth-order valence-corrected chi connectivity index (χ4v) is 4.88. The van der Waals surface area contributed by atoms with Gasteiger partial charge in [-0.05, 0) is 64.2 Å². The van der Waals surface area contributed by atoms with Gasteiger partial charge in [-0.15, -0.1) is 0 Å². The first-order valence-electron chi connectivity index (χ1n) is 7.91. The van der Waals surface area contributed by atoms with E-state index in [1.807, 2.05) is 32.9 Å². The quantitative estimate of drug-likeness (QED) is 0.840. The van der Waals surface area contributed by atoms with E-state index in [0.29, 0.717) is 6.42 Å². The maximum absolute atomic E-state index is 13.1. The van der Waals surface area contributed by atoms with E-state index < -0.39 is 11.0 Å². The molecule has 1 N–H and O–H groups in total. The van der Waals surface area contributed by atoms with Crippen LogP contribution in [0.25, 0.3) is 0 Å². The zero-order chi connectivity index (χ0) is 16.3. The highest BCUT2D eigenvalue weighted by atomic mass is 79.9. The van der Waals surface area contributed by atoms with Crippen LogP contribution in [0.5, 0.6) is 0 Å². The van der Waals surface area contributed by atoms with Gasteiger partial charge in [-0.3, -0.25) is 0 Å². The predicted molar refractivity (Wildman–Crippen MR) is 96.0 cm³/mol. The fraction of sp³-hybridized carbons (Fsp3) is 0.647. The van der Waals surface area contributed by atoms with Crippen molar-refractivity contribution in [3.05, 3.63) is 34.3 Å². The van der Waals surface area contributed by atoms with Gasteiger partial charge in [0.15, 0.2) is 0 Å². The summed E-state index contributed by atoms with van der Waals surface area (Å²) in [6.07, 6.45) is 3.83.